The van der Waals surface area contributed by atoms with E-state index < -0.39 is 99.3 Å². The first-order chi connectivity index (χ1) is 32.5. The molecule has 0 aromatic heterocycles. The summed E-state index contributed by atoms with van der Waals surface area (Å²) in [5.74, 6) is -1.01. The van der Waals surface area contributed by atoms with Crippen LogP contribution in [0.4, 0.5) is 0 Å². The number of esters is 2. The van der Waals surface area contributed by atoms with Crippen LogP contribution in [0, 0.1) is 0 Å². The molecule has 2 fully saturated rings. The number of aliphatic hydroxyl groups is 7. The minimum absolute atomic E-state index is 0.134. The van der Waals surface area contributed by atoms with Crippen molar-refractivity contribution in [3.63, 3.8) is 0 Å². The Morgan fingerprint density at radius 2 is 0.955 bits per heavy atom. The Balaban J connectivity index is 1.85. The van der Waals surface area contributed by atoms with E-state index in [9.17, 15) is 45.3 Å². The third-order valence-electron chi connectivity index (χ3n) is 11.4. The van der Waals surface area contributed by atoms with E-state index >= 15 is 0 Å². The van der Waals surface area contributed by atoms with E-state index in [-0.39, 0.29) is 19.4 Å². The third-order valence-corrected chi connectivity index (χ3v) is 11.4. The summed E-state index contributed by atoms with van der Waals surface area (Å²) in [4.78, 5) is 25.7. The minimum Gasteiger partial charge on any atom is -0.462 e. The van der Waals surface area contributed by atoms with E-state index in [4.69, 9.17) is 28.4 Å². The predicted molar refractivity (Wildman–Crippen MR) is 256 cm³/mol. The highest BCUT2D eigenvalue weighted by atomic mass is 16.7. The van der Waals surface area contributed by atoms with Crippen LogP contribution in [-0.4, -0.2) is 142 Å². The molecule has 0 saturated carbocycles. The van der Waals surface area contributed by atoms with E-state index in [1.807, 2.05) is 12.2 Å². The van der Waals surface area contributed by atoms with Crippen LogP contribution in [0.15, 0.2) is 72.9 Å². The highest BCUT2D eigenvalue weighted by Crippen LogP contribution is 2.26. The molecule has 11 atom stereocenters. The van der Waals surface area contributed by atoms with Crippen LogP contribution in [0.1, 0.15) is 149 Å². The Labute approximate surface area is 400 Å². The smallest absolute Gasteiger partial charge is 0.306 e. The maximum absolute atomic E-state index is 13.0. The molecule has 67 heavy (non-hydrogen) atoms. The molecule has 2 aliphatic heterocycles. The van der Waals surface area contributed by atoms with Crippen molar-refractivity contribution in [2.45, 2.75) is 216 Å². The molecule has 2 rings (SSSR count). The molecule has 0 aromatic carbocycles. The Bertz CT molecular complexity index is 1440. The lowest BCUT2D eigenvalue weighted by atomic mass is 9.98. The monoisotopic (exact) mass is 951 g/mol. The van der Waals surface area contributed by atoms with Crippen LogP contribution in [0.25, 0.3) is 0 Å². The van der Waals surface area contributed by atoms with Gasteiger partial charge in [-0.05, 0) is 77.0 Å². The zero-order chi connectivity index (χ0) is 48.9. The summed E-state index contributed by atoms with van der Waals surface area (Å²) in [6.07, 6.45) is 27.9. The van der Waals surface area contributed by atoms with Gasteiger partial charge in [0.05, 0.1) is 19.8 Å². The molecular formula is C52H86O15. The van der Waals surface area contributed by atoms with Gasteiger partial charge >= 0.3 is 11.9 Å². The molecule has 0 aromatic rings. The quantitative estimate of drug-likeness (QED) is 0.0196. The fourth-order valence-electron chi connectivity index (χ4n) is 7.30. The maximum Gasteiger partial charge on any atom is 0.306 e. The van der Waals surface area contributed by atoms with Crippen molar-refractivity contribution in [1.82, 2.24) is 0 Å². The lowest BCUT2D eigenvalue weighted by Crippen LogP contribution is -2.61. The van der Waals surface area contributed by atoms with Crippen molar-refractivity contribution < 1.29 is 73.8 Å². The van der Waals surface area contributed by atoms with Crippen LogP contribution in [0.3, 0.4) is 0 Å². The Kier molecular flexibility index (Phi) is 34.7. The van der Waals surface area contributed by atoms with Crippen molar-refractivity contribution >= 4 is 11.9 Å². The van der Waals surface area contributed by atoms with Gasteiger partial charge in [0.2, 0.25) is 0 Å². The van der Waals surface area contributed by atoms with E-state index in [1.165, 1.54) is 32.1 Å². The summed E-state index contributed by atoms with van der Waals surface area (Å²) < 4.78 is 33.5. The van der Waals surface area contributed by atoms with Gasteiger partial charge in [0.1, 0.15) is 55.4 Å². The summed E-state index contributed by atoms with van der Waals surface area (Å²) in [5.41, 5.74) is 0. The van der Waals surface area contributed by atoms with Crippen molar-refractivity contribution in [3.05, 3.63) is 72.9 Å². The molecule has 384 valence electrons. The van der Waals surface area contributed by atoms with Gasteiger partial charge in [0, 0.05) is 12.8 Å². The van der Waals surface area contributed by atoms with Crippen molar-refractivity contribution in [3.8, 4) is 0 Å². The highest BCUT2D eigenvalue weighted by molar-refractivity contribution is 5.70. The number of hydrogen-bond donors (Lipinski definition) is 7. The number of ether oxygens (including phenoxy) is 6. The number of unbranched alkanes of at least 4 members (excludes halogenated alkanes) is 11. The molecule has 0 spiro atoms. The van der Waals surface area contributed by atoms with E-state index in [0.717, 1.165) is 70.6 Å². The maximum atomic E-state index is 13.0. The second-order valence-corrected chi connectivity index (χ2v) is 17.3. The number of rotatable bonds is 37. The number of allylic oxidation sites excluding steroid dienone is 12. The summed E-state index contributed by atoms with van der Waals surface area (Å²) in [7, 11) is 0. The van der Waals surface area contributed by atoms with Gasteiger partial charge in [-0.3, -0.25) is 9.59 Å². The van der Waals surface area contributed by atoms with Gasteiger partial charge in [-0.15, -0.1) is 0 Å². The Morgan fingerprint density at radius 1 is 0.493 bits per heavy atom. The first-order valence-electron chi connectivity index (χ1n) is 25.0. The standard InChI is InChI=1S/C52H86O15/c1-3-5-7-9-11-13-15-17-19-20-21-23-24-26-28-30-32-34-43(54)62-37-40(65-44(55)35-33-31-29-27-25-22-18-16-14-12-10-8-6-4-2)38-63-51-50(61)48(59)46(57)42(67-51)39-64-52-49(60)47(58)45(56)41(36-53)66-52/h5,7,11,13,16-19,21,23,26,28,40-42,45-53,56-61H,3-4,6,8-10,12,14-15,20,22,24-25,27,29-39H2,1-2H3/b7-5+,13-11+,18-16+,19-17+,23-21+,28-26+/t40-,41+,42+,45-,46-,47?,48?,49?,50?,51+,52+/m0/s1. The van der Waals surface area contributed by atoms with Gasteiger partial charge in [-0.25, -0.2) is 0 Å². The lowest BCUT2D eigenvalue weighted by Gasteiger charge is -2.42. The van der Waals surface area contributed by atoms with Gasteiger partial charge in [0.15, 0.2) is 18.7 Å². The fraction of sp³-hybridized carbons (Fsp3) is 0.731. The SMILES string of the molecule is CC/C=C/C/C=C/C/C=C/C/C=C/C/C=C/CCCC(=O)OC[C@@H](CO[C@@H]1O[C@H](CO[C@@H]2O[C@H](CO)[C@H](O)C(O)C2O)[C@H](O)C(O)C1O)OC(=O)CCCCCCC/C=C/CCCCCCC. The summed E-state index contributed by atoms with van der Waals surface area (Å²) >= 11 is 0. The molecular weight excluding hydrogens is 865 g/mol. The van der Waals surface area contributed by atoms with Gasteiger partial charge in [0.25, 0.3) is 0 Å². The third kappa shape index (κ3) is 27.1. The molecule has 2 heterocycles. The van der Waals surface area contributed by atoms with Crippen molar-refractivity contribution in [1.29, 1.82) is 0 Å². The van der Waals surface area contributed by atoms with Crippen molar-refractivity contribution in [2.24, 2.45) is 0 Å². The normalized spacial score (nSPS) is 26.6. The zero-order valence-electron chi connectivity index (χ0n) is 40.4. The Hall–Kier alpha value is -3.06. The van der Waals surface area contributed by atoms with Gasteiger partial charge in [-0.2, -0.15) is 0 Å². The molecule has 0 bridgehead atoms. The molecule has 0 amide bonds. The summed E-state index contributed by atoms with van der Waals surface area (Å²) in [5, 5.41) is 72.0. The first-order valence-corrected chi connectivity index (χ1v) is 25.0. The van der Waals surface area contributed by atoms with E-state index in [0.29, 0.717) is 19.3 Å². The second kappa shape index (κ2) is 38.8. The molecule has 0 aliphatic carbocycles. The van der Waals surface area contributed by atoms with Crippen LogP contribution in [0.2, 0.25) is 0 Å². The van der Waals surface area contributed by atoms with Crippen LogP contribution in [0.5, 0.6) is 0 Å². The van der Waals surface area contributed by atoms with E-state index in [2.05, 4.69) is 74.6 Å². The lowest BCUT2D eigenvalue weighted by molar-refractivity contribution is -0.332. The average molecular weight is 951 g/mol. The fourth-order valence-corrected chi connectivity index (χ4v) is 7.30. The number of aliphatic hydroxyl groups excluding tert-OH is 7. The highest BCUT2D eigenvalue weighted by Gasteiger charge is 2.47. The minimum atomic E-state index is -1.78. The molecule has 15 heteroatoms. The number of carbonyl (C=O) groups is 2. The molecule has 4 unspecified atom stereocenters. The molecule has 2 saturated heterocycles. The van der Waals surface area contributed by atoms with E-state index in [1.54, 1.807) is 0 Å². The largest absolute Gasteiger partial charge is 0.462 e. The zero-order valence-corrected chi connectivity index (χ0v) is 40.4. The van der Waals surface area contributed by atoms with Gasteiger partial charge < -0.3 is 64.2 Å². The second-order valence-electron chi connectivity index (χ2n) is 17.3. The van der Waals surface area contributed by atoms with Crippen LogP contribution < -0.4 is 0 Å². The van der Waals surface area contributed by atoms with Crippen LogP contribution >= 0.6 is 0 Å². The summed E-state index contributed by atoms with van der Waals surface area (Å²) in [6, 6.07) is 0. The Morgan fingerprint density at radius 3 is 1.54 bits per heavy atom. The molecule has 2 aliphatic rings. The first kappa shape index (κ1) is 60.1. The van der Waals surface area contributed by atoms with Gasteiger partial charge in [-0.1, -0.05) is 132 Å². The molecule has 15 nitrogen and oxygen atoms in total. The number of hydrogen-bond acceptors (Lipinski definition) is 15. The molecule has 7 N–H and O–H groups in total. The van der Waals surface area contributed by atoms with Crippen molar-refractivity contribution in [2.75, 3.05) is 26.4 Å². The number of carbonyl (C=O) groups excluding carboxylic acids is 2. The molecule has 0 radical (unpaired) electrons. The summed E-state index contributed by atoms with van der Waals surface area (Å²) in [6.45, 7) is 2.37. The van der Waals surface area contributed by atoms with Crippen LogP contribution in [-0.2, 0) is 38.0 Å². The topological polar surface area (TPSA) is 231 Å². The average Bonchev–Trinajstić information content (AvgIpc) is 3.32. The predicted octanol–water partition coefficient (Wildman–Crippen LogP) is 6.65.